The van der Waals surface area contributed by atoms with Crippen LogP contribution in [0.25, 0.3) is 0 Å². The molecule has 1 rings (SSSR count). The van der Waals surface area contributed by atoms with Gasteiger partial charge < -0.3 is 10.3 Å². The van der Waals surface area contributed by atoms with Gasteiger partial charge in [0.15, 0.2) is 5.00 Å². The molecule has 11 heteroatoms. The minimum absolute atomic E-state index is 0.000973. The average Bonchev–Trinajstić information content (AvgIpc) is 2.83. The molecule has 0 amide bonds. The number of nitrogen functional groups attached to an aromatic ring is 1. The Kier molecular flexibility index (Phi) is 5.83. The van der Waals surface area contributed by atoms with E-state index < -0.39 is 14.9 Å². The van der Waals surface area contributed by atoms with Crippen molar-refractivity contribution < 1.29 is 13.3 Å². The molecule has 0 aliphatic heterocycles. The van der Waals surface area contributed by atoms with Crippen molar-refractivity contribution in [3.63, 3.8) is 0 Å². The Morgan fingerprint density at radius 2 is 2.20 bits per heavy atom. The summed E-state index contributed by atoms with van der Waals surface area (Å²) in [5.41, 5.74) is 1.77. The van der Waals surface area contributed by atoms with Crippen LogP contribution in [0.3, 0.4) is 0 Å². The van der Waals surface area contributed by atoms with E-state index >= 15 is 0 Å². The average molecular weight is 323 g/mol. The molecule has 0 aromatic carbocycles. The van der Waals surface area contributed by atoms with Crippen LogP contribution in [-0.2, 0) is 10.0 Å². The van der Waals surface area contributed by atoms with Gasteiger partial charge in [0.25, 0.3) is 0 Å². The van der Waals surface area contributed by atoms with E-state index in [1.165, 1.54) is 0 Å². The Balaban J connectivity index is 2.85. The van der Waals surface area contributed by atoms with Crippen molar-refractivity contribution >= 4 is 32.0 Å². The molecule has 4 N–H and O–H groups in total. The van der Waals surface area contributed by atoms with E-state index in [0.717, 1.165) is 23.9 Å². The first-order valence-corrected chi connectivity index (χ1v) is 8.04. The number of hydrogen-bond donors (Lipinski definition) is 3. The summed E-state index contributed by atoms with van der Waals surface area (Å²) in [6, 6.07) is 0.992. The smallest absolute Gasteiger partial charge is 0.306 e. The van der Waals surface area contributed by atoms with Crippen LogP contribution in [0.5, 0.6) is 0 Å². The van der Waals surface area contributed by atoms with E-state index in [9.17, 15) is 18.5 Å². The van der Waals surface area contributed by atoms with Gasteiger partial charge in [0.05, 0.1) is 4.92 Å². The van der Waals surface area contributed by atoms with Crippen LogP contribution in [0, 0.1) is 10.1 Å². The topological polar surface area (TPSA) is 131 Å². The first-order valence-electron chi connectivity index (χ1n) is 5.74. The molecule has 0 saturated carbocycles. The summed E-state index contributed by atoms with van der Waals surface area (Å²) < 4.78 is 26.2. The lowest BCUT2D eigenvalue weighted by molar-refractivity contribution is -0.383. The second-order valence-corrected chi connectivity index (χ2v) is 7.02. The van der Waals surface area contributed by atoms with Gasteiger partial charge in [-0.15, -0.1) is 0 Å². The monoisotopic (exact) mass is 323 g/mol. The van der Waals surface area contributed by atoms with E-state index in [0.29, 0.717) is 6.54 Å². The summed E-state index contributed by atoms with van der Waals surface area (Å²) in [4.78, 5) is 12.0. The molecule has 1 aromatic rings. The minimum atomic E-state index is -3.77. The van der Waals surface area contributed by atoms with Gasteiger partial charge in [-0.2, -0.15) is 0 Å². The molecular weight excluding hydrogens is 306 g/mol. The summed E-state index contributed by atoms with van der Waals surface area (Å²) in [7, 11) is -1.91. The number of rotatable bonds is 8. The second-order valence-electron chi connectivity index (χ2n) is 3.97. The van der Waals surface area contributed by atoms with E-state index in [1.807, 2.05) is 18.9 Å². The van der Waals surface area contributed by atoms with Crippen molar-refractivity contribution in [1.29, 1.82) is 0 Å². The van der Waals surface area contributed by atoms with Crippen LogP contribution in [0.1, 0.15) is 6.92 Å². The molecule has 9 nitrogen and oxygen atoms in total. The Labute approximate surface area is 120 Å². The highest BCUT2D eigenvalue weighted by molar-refractivity contribution is 7.91. The maximum absolute atomic E-state index is 12.0. The maximum atomic E-state index is 12.0. The molecule has 0 aliphatic carbocycles. The van der Waals surface area contributed by atoms with E-state index in [4.69, 9.17) is 5.84 Å². The van der Waals surface area contributed by atoms with Crippen molar-refractivity contribution in [2.45, 2.75) is 11.1 Å². The lowest BCUT2D eigenvalue weighted by Crippen LogP contribution is -2.32. The van der Waals surface area contributed by atoms with Gasteiger partial charge in [-0.3, -0.25) is 10.1 Å². The Hall–Kier alpha value is -1.27. The normalized spacial score (nSPS) is 11.8. The Morgan fingerprint density at radius 1 is 1.55 bits per heavy atom. The van der Waals surface area contributed by atoms with Gasteiger partial charge in [-0.05, 0) is 13.6 Å². The number of anilines is 1. The zero-order chi connectivity index (χ0) is 15.3. The largest absolute Gasteiger partial charge is 0.310 e. The highest BCUT2D eigenvalue weighted by atomic mass is 32.2. The Bertz CT molecular complexity index is 571. The molecular formula is C9H17N5O4S2. The van der Waals surface area contributed by atoms with Crippen LogP contribution in [0.2, 0.25) is 0 Å². The number of likely N-dealkylation sites (N-methyl/N-ethyl adjacent to an activating group) is 1. The third-order valence-corrected chi connectivity index (χ3v) is 5.60. The molecule has 1 aromatic heterocycles. The van der Waals surface area contributed by atoms with Crippen LogP contribution in [-0.4, -0.2) is 44.9 Å². The number of nitrogens with zero attached hydrogens (tertiary/aromatic N) is 2. The number of hydrazine groups is 1. The highest BCUT2D eigenvalue weighted by Gasteiger charge is 2.25. The van der Waals surface area contributed by atoms with Gasteiger partial charge in [0.1, 0.15) is 4.21 Å². The van der Waals surface area contributed by atoms with Crippen LogP contribution < -0.4 is 16.0 Å². The van der Waals surface area contributed by atoms with Gasteiger partial charge >= 0.3 is 5.69 Å². The lowest BCUT2D eigenvalue weighted by Gasteiger charge is -2.13. The molecule has 0 aliphatic rings. The molecule has 0 saturated heterocycles. The van der Waals surface area contributed by atoms with Crippen LogP contribution in [0.4, 0.5) is 10.7 Å². The number of nitro groups is 1. The van der Waals surface area contributed by atoms with E-state index in [-0.39, 0.29) is 21.4 Å². The Morgan fingerprint density at radius 3 is 2.65 bits per heavy atom. The first kappa shape index (κ1) is 16.8. The lowest BCUT2D eigenvalue weighted by atomic mass is 10.5. The van der Waals surface area contributed by atoms with Crippen molar-refractivity contribution in [3.8, 4) is 0 Å². The fraction of sp³-hybridized carbons (Fsp3) is 0.556. The molecule has 0 atom stereocenters. The van der Waals surface area contributed by atoms with Gasteiger partial charge in [0.2, 0.25) is 10.0 Å². The molecule has 0 radical (unpaired) electrons. The molecule has 114 valence electrons. The number of nitrogens with one attached hydrogen (secondary N) is 2. The first-order chi connectivity index (χ1) is 9.31. The fourth-order valence-corrected chi connectivity index (χ4v) is 3.63. The van der Waals surface area contributed by atoms with E-state index in [2.05, 4.69) is 10.1 Å². The third kappa shape index (κ3) is 4.11. The van der Waals surface area contributed by atoms with Crippen molar-refractivity contribution in [2.24, 2.45) is 5.84 Å². The van der Waals surface area contributed by atoms with Crippen LogP contribution in [0.15, 0.2) is 10.3 Å². The predicted molar refractivity (Wildman–Crippen MR) is 77.1 cm³/mol. The standard InChI is InChI=1S/C9H17N5O4S2/c1-3-13(2)5-4-11-20(17,18)8-6-7(14(15)16)9(12-10)19-8/h6,11-12H,3-5,10H2,1-2H3. The summed E-state index contributed by atoms with van der Waals surface area (Å²) in [6.07, 6.45) is 0. The van der Waals surface area contributed by atoms with Crippen LogP contribution >= 0.6 is 11.3 Å². The summed E-state index contributed by atoms with van der Waals surface area (Å²) in [5, 5.41) is 10.8. The zero-order valence-electron chi connectivity index (χ0n) is 11.1. The number of nitrogens with two attached hydrogens (primary N) is 1. The molecule has 1 heterocycles. The quantitative estimate of drug-likeness (QED) is 0.353. The zero-order valence-corrected chi connectivity index (χ0v) is 12.8. The molecule has 0 spiro atoms. The van der Waals surface area contributed by atoms with Crippen molar-refractivity contribution in [2.75, 3.05) is 32.1 Å². The second kappa shape index (κ2) is 6.95. The number of sulfonamides is 1. The summed E-state index contributed by atoms with van der Waals surface area (Å²) in [5.74, 6) is 5.14. The van der Waals surface area contributed by atoms with Gasteiger partial charge in [0, 0.05) is 19.2 Å². The summed E-state index contributed by atoms with van der Waals surface area (Å²) in [6.45, 7) is 3.53. The fourth-order valence-electron chi connectivity index (χ4n) is 1.33. The predicted octanol–water partition coefficient (Wildman–Crippen LogP) is 0.172. The number of thiophene rings is 1. The molecule has 0 unspecified atom stereocenters. The van der Waals surface area contributed by atoms with Crippen molar-refractivity contribution in [3.05, 3.63) is 16.2 Å². The van der Waals surface area contributed by atoms with E-state index in [1.54, 1.807) is 0 Å². The molecule has 0 bridgehead atoms. The maximum Gasteiger partial charge on any atom is 0.306 e. The highest BCUT2D eigenvalue weighted by Crippen LogP contribution is 2.36. The SMILES string of the molecule is CCN(C)CCNS(=O)(=O)c1cc([N+](=O)[O-])c(NN)s1. The number of hydrogen-bond acceptors (Lipinski definition) is 8. The third-order valence-electron chi connectivity index (χ3n) is 2.61. The minimum Gasteiger partial charge on any atom is -0.310 e. The van der Waals surface area contributed by atoms with Crippen molar-refractivity contribution in [1.82, 2.24) is 9.62 Å². The summed E-state index contributed by atoms with van der Waals surface area (Å²) >= 11 is 0.718. The molecule has 0 fully saturated rings. The molecule has 20 heavy (non-hydrogen) atoms. The van der Waals surface area contributed by atoms with Gasteiger partial charge in [-0.25, -0.2) is 19.0 Å². The van der Waals surface area contributed by atoms with Gasteiger partial charge in [-0.1, -0.05) is 18.3 Å².